The van der Waals surface area contributed by atoms with Crippen molar-refractivity contribution in [2.45, 2.75) is 105 Å². The fourth-order valence-electron chi connectivity index (χ4n) is 21.8. The summed E-state index contributed by atoms with van der Waals surface area (Å²) in [7, 11) is 0. The van der Waals surface area contributed by atoms with Crippen LogP contribution < -0.4 is 26.2 Å². The Kier molecular flexibility index (Phi) is 15.3. The lowest BCUT2D eigenvalue weighted by atomic mass is 9.33. The van der Waals surface area contributed by atoms with E-state index in [2.05, 4.69) is 352 Å². The minimum absolute atomic E-state index is 0.0360. The van der Waals surface area contributed by atoms with Crippen LogP contribution in [0, 0.1) is 0 Å². The monoisotopic (exact) mass is 1720 g/mol. The van der Waals surface area contributed by atoms with Crippen molar-refractivity contribution in [2.75, 3.05) is 9.80 Å². The van der Waals surface area contributed by atoms with Gasteiger partial charge < -0.3 is 36.6 Å². The first kappa shape index (κ1) is 71.3. The number of nitrogens with zero attached hydrogens (tertiary/aromatic N) is 4. The zero-order valence-corrected chi connectivity index (χ0v) is 76.0. The van der Waals surface area contributed by atoms with E-state index in [1.54, 1.807) is 4.57 Å². The van der Waals surface area contributed by atoms with Gasteiger partial charge >= 0.3 is 0 Å². The quantitative estimate of drug-likeness (QED) is 0.134. The van der Waals surface area contributed by atoms with Crippen LogP contribution in [0.2, 0.25) is 0 Å². The highest BCUT2D eigenvalue weighted by molar-refractivity contribution is 7.00. The first-order chi connectivity index (χ1) is 67.4. The second-order valence-corrected chi connectivity index (χ2v) is 40.5. The SMILES string of the molecule is [2H]c1c([2H])c([2H])c2c(c1[2H])c1c([2H])c([2H])c(-c3ccccc3)c([2H])c1n2-c1ccc2c(c1)N(c1c(-c3cccc4c3oc3ccccc34)cc(C(C)(C)C)c3oc4ccccc4c13)c1cc(-c3cc(C(C)(C)C)cc(C(C)(C)C)c3)cc3c1B2c1ccc(-c2ccc(-n4c5ccccc5c5ccccc54)cc2)cc1N3c1c(-c2cccc3c2oc2ccccc23)cc(C(C)(C)C)c2oc3ccccc3c12. The van der Waals surface area contributed by atoms with E-state index in [4.69, 9.17) is 17.7 Å². The van der Waals surface area contributed by atoms with E-state index >= 15 is 0 Å². The predicted molar refractivity (Wildman–Crippen MR) is 560 cm³/mol. The summed E-state index contributed by atoms with van der Waals surface area (Å²) in [4.78, 5) is 5.08. The van der Waals surface area contributed by atoms with Gasteiger partial charge in [-0.1, -0.05) is 338 Å². The van der Waals surface area contributed by atoms with Crippen LogP contribution in [0.25, 0.3) is 198 Å². The van der Waals surface area contributed by atoms with Crippen LogP contribution in [0.4, 0.5) is 34.1 Å². The topological polar surface area (TPSA) is 68.9 Å². The standard InChI is InChI=1S/C124H95BN4O4/c1-121(2,3)78-62-76(63-79(68-78)122(4,5)6)77-66-106-114-107(67-77)129(116-95(91-44-31-42-89-87-38-20-27-49-109(87)131-118(89)91)71-97(124(10,11)12)120-113(116)93-40-22-29-51-111(93)133-120)105-69-81(127-102-47-25-18-36-84(102)85-59-54-74(64-103(85)127)72-32-14-13-15-33-72)58-61-99(105)125(114)98-60-55-75(73-52-56-80(57-53-73)126-100-45-23-16-34-82(100)83-35-17-24-46-101(83)126)65-104(98)128(106)115-94(90-43-30-41-88-86-37-19-26-48-108(86)130-117(88)90)70-96(123(7,8)9)119-112(115)92-39-21-28-50-110(92)132-119/h13-71H,1-12H3/i18D,25D,36D,47D,54D,59D,64D. The van der Waals surface area contributed by atoms with E-state index in [0.717, 1.165) is 199 Å². The average molecular weight is 1720 g/mol. The molecule has 2 aliphatic heterocycles. The summed E-state index contributed by atoms with van der Waals surface area (Å²) < 4.78 is 105. The highest BCUT2D eigenvalue weighted by Gasteiger charge is 2.48. The molecule has 0 saturated carbocycles. The molecule has 24 aromatic rings. The fourth-order valence-corrected chi connectivity index (χ4v) is 21.8. The maximum absolute atomic E-state index is 10.8. The minimum atomic E-state index is -0.656. The normalized spacial score (nSPS) is 14.0. The number of hydrogen-bond acceptors (Lipinski definition) is 6. The predicted octanol–water partition coefficient (Wildman–Crippen LogP) is 33.1. The van der Waals surface area contributed by atoms with E-state index in [0.29, 0.717) is 33.7 Å². The second kappa shape index (κ2) is 28.5. The molecule has 0 unspecified atom stereocenters. The Hall–Kier alpha value is -15.6. The van der Waals surface area contributed by atoms with Crippen molar-refractivity contribution in [3.05, 3.63) is 380 Å². The van der Waals surface area contributed by atoms with Gasteiger partial charge in [-0.05, 0) is 186 Å². The molecule has 0 atom stereocenters. The summed E-state index contributed by atoms with van der Waals surface area (Å²) in [6.07, 6.45) is 0. The first-order valence-corrected chi connectivity index (χ1v) is 46.1. The maximum Gasteiger partial charge on any atom is 0.252 e. The van der Waals surface area contributed by atoms with Crippen molar-refractivity contribution in [1.82, 2.24) is 9.13 Å². The lowest BCUT2D eigenvalue weighted by Crippen LogP contribution is -2.61. The largest absolute Gasteiger partial charge is 0.456 e. The molecule has 8 nitrogen and oxygen atoms in total. The fraction of sp³-hybridized carbons (Fsp3) is 0.129. The van der Waals surface area contributed by atoms with E-state index in [9.17, 15) is 9.60 Å². The van der Waals surface area contributed by atoms with Crippen LogP contribution in [-0.2, 0) is 21.7 Å². The van der Waals surface area contributed by atoms with Gasteiger partial charge in [-0.15, -0.1) is 0 Å². The van der Waals surface area contributed by atoms with Crippen molar-refractivity contribution in [2.24, 2.45) is 0 Å². The van der Waals surface area contributed by atoms with Crippen LogP contribution in [0.15, 0.2) is 375 Å². The van der Waals surface area contributed by atoms with Crippen molar-refractivity contribution < 1.29 is 27.3 Å². The van der Waals surface area contributed by atoms with Gasteiger partial charge in [-0.2, -0.15) is 0 Å². The third-order valence-corrected chi connectivity index (χ3v) is 28.3. The first-order valence-electron chi connectivity index (χ1n) is 49.6. The Labute approximate surface area is 781 Å². The van der Waals surface area contributed by atoms with Gasteiger partial charge in [-0.3, -0.25) is 0 Å². The minimum Gasteiger partial charge on any atom is -0.456 e. The van der Waals surface area contributed by atoms with Gasteiger partial charge in [0.25, 0.3) is 6.71 Å². The second-order valence-electron chi connectivity index (χ2n) is 40.5. The smallest absolute Gasteiger partial charge is 0.252 e. The number of benzene rings is 18. The Morgan fingerprint density at radius 1 is 0.263 bits per heavy atom. The van der Waals surface area contributed by atoms with Gasteiger partial charge in [0, 0.05) is 121 Å². The zero-order chi connectivity index (χ0) is 95.8. The van der Waals surface area contributed by atoms with Crippen molar-refractivity contribution >= 4 is 189 Å². The molecule has 0 saturated heterocycles. The van der Waals surface area contributed by atoms with E-state index in [1.165, 1.54) is 10.8 Å². The summed E-state index contributed by atoms with van der Waals surface area (Å²) in [6, 6.07) is 110. The highest BCUT2D eigenvalue weighted by atomic mass is 16.3. The van der Waals surface area contributed by atoms with Crippen LogP contribution >= 0.6 is 0 Å². The molecule has 9 heteroatoms. The van der Waals surface area contributed by atoms with Gasteiger partial charge in [-0.25, -0.2) is 0 Å². The molecule has 133 heavy (non-hydrogen) atoms. The Balaban J connectivity index is 0.877. The molecule has 0 N–H and O–H groups in total. The molecule has 18 aromatic carbocycles. The van der Waals surface area contributed by atoms with Crippen LogP contribution in [-0.4, -0.2) is 15.8 Å². The number of para-hydroxylation sites is 9. The third-order valence-electron chi connectivity index (χ3n) is 28.3. The summed E-state index contributed by atoms with van der Waals surface area (Å²) in [5.41, 5.74) is 27.9. The summed E-state index contributed by atoms with van der Waals surface area (Å²) in [5.74, 6) is 0. The van der Waals surface area contributed by atoms with Crippen LogP contribution in [0.1, 0.15) is 115 Å². The highest BCUT2D eigenvalue weighted by Crippen LogP contribution is 2.59. The summed E-state index contributed by atoms with van der Waals surface area (Å²) in [5, 5.41) is 9.86. The molecule has 638 valence electrons. The molecule has 0 fully saturated rings. The molecule has 6 aromatic heterocycles. The Morgan fingerprint density at radius 3 is 1.21 bits per heavy atom. The van der Waals surface area contributed by atoms with Crippen LogP contribution in [0.5, 0.6) is 0 Å². The molecule has 0 aliphatic carbocycles. The van der Waals surface area contributed by atoms with Gasteiger partial charge in [0.2, 0.25) is 0 Å². The Bertz CT molecular complexity index is 9470. The van der Waals surface area contributed by atoms with Gasteiger partial charge in [0.15, 0.2) is 0 Å². The third kappa shape index (κ3) is 11.9. The van der Waals surface area contributed by atoms with Gasteiger partial charge in [0.1, 0.15) is 44.7 Å². The molecular formula is C124H95BN4O4. The number of aromatic nitrogens is 2. The summed E-state index contributed by atoms with van der Waals surface area (Å²) in [6.45, 7) is 26.7. The van der Waals surface area contributed by atoms with E-state index < -0.39 is 29.6 Å². The lowest BCUT2D eigenvalue weighted by Gasteiger charge is -2.46. The maximum atomic E-state index is 10.8. The molecule has 0 radical (unpaired) electrons. The molecule has 8 heterocycles. The van der Waals surface area contributed by atoms with E-state index in [1.807, 2.05) is 60.7 Å². The average Bonchev–Trinajstić information content (AvgIpc) is 1.14. The molecule has 26 rings (SSSR count). The molecule has 0 amide bonds. The summed E-state index contributed by atoms with van der Waals surface area (Å²) >= 11 is 0. The lowest BCUT2D eigenvalue weighted by molar-refractivity contribution is 0.569. The van der Waals surface area contributed by atoms with Crippen LogP contribution in [0.3, 0.4) is 0 Å². The molecule has 0 bridgehead atoms. The Morgan fingerprint density at radius 2 is 0.677 bits per heavy atom. The number of fused-ring (bicyclic) bond motifs is 22. The number of furan rings is 4. The van der Waals surface area contributed by atoms with Gasteiger partial charge in [0.05, 0.1) is 53.8 Å². The number of anilines is 6. The zero-order valence-electron chi connectivity index (χ0n) is 83.0. The van der Waals surface area contributed by atoms with Crippen molar-refractivity contribution in [1.29, 1.82) is 0 Å². The number of rotatable bonds is 9. The number of hydrogen-bond donors (Lipinski definition) is 0. The van der Waals surface area contributed by atoms with Crippen molar-refractivity contribution in [3.8, 4) is 67.0 Å². The molecule has 0 spiro atoms. The van der Waals surface area contributed by atoms with E-state index in [-0.39, 0.29) is 68.4 Å². The molecule has 2 aliphatic rings. The van der Waals surface area contributed by atoms with Crippen molar-refractivity contribution in [3.63, 3.8) is 0 Å². The molecular weight excluding hydrogens is 1620 g/mol.